The number of hydrogen-bond acceptors (Lipinski definition) is 6. The molecular formula is C30H44O6. The third kappa shape index (κ3) is 2.90. The van der Waals surface area contributed by atoms with Crippen LogP contribution in [0, 0.1) is 46.3 Å². The molecule has 36 heavy (non-hydrogen) atoms. The van der Waals surface area contributed by atoms with Gasteiger partial charge in [0.2, 0.25) is 0 Å². The molecule has 6 aliphatic rings. The van der Waals surface area contributed by atoms with E-state index in [1.165, 1.54) is 0 Å². The van der Waals surface area contributed by atoms with E-state index in [0.717, 1.165) is 37.7 Å². The largest absolute Gasteiger partial charge is 0.458 e. The molecule has 1 saturated heterocycles. The number of carbonyl (C=O) groups is 2. The molecule has 2 N–H and O–H groups in total. The van der Waals surface area contributed by atoms with E-state index in [9.17, 15) is 19.8 Å². The molecule has 2 heterocycles. The summed E-state index contributed by atoms with van der Waals surface area (Å²) in [5.74, 6) is 2.38. The molecule has 0 aromatic rings. The summed E-state index contributed by atoms with van der Waals surface area (Å²) >= 11 is 0. The molecule has 0 aromatic heterocycles. The summed E-state index contributed by atoms with van der Waals surface area (Å²) in [6.07, 6.45) is 6.36. The van der Waals surface area contributed by atoms with Crippen LogP contribution in [0.3, 0.4) is 0 Å². The van der Waals surface area contributed by atoms with Crippen molar-refractivity contribution in [3.8, 4) is 0 Å². The van der Waals surface area contributed by atoms with Gasteiger partial charge in [-0.2, -0.15) is 0 Å². The van der Waals surface area contributed by atoms with Crippen LogP contribution >= 0.6 is 0 Å². The zero-order valence-electron chi connectivity index (χ0n) is 22.6. The number of cyclic esters (lactones) is 1. The summed E-state index contributed by atoms with van der Waals surface area (Å²) in [5, 5.41) is 20.6. The molecule has 6 nitrogen and oxygen atoms in total. The predicted molar refractivity (Wildman–Crippen MR) is 134 cm³/mol. The van der Waals surface area contributed by atoms with Crippen LogP contribution in [0.15, 0.2) is 11.1 Å². The maximum atomic E-state index is 13.5. The first-order valence-corrected chi connectivity index (χ1v) is 14.4. The number of fused-ring (bicyclic) bond motifs is 4. The molecule has 5 fully saturated rings. The number of rotatable bonds is 4. The Bertz CT molecular complexity index is 1000. The highest BCUT2D eigenvalue weighted by Crippen LogP contribution is 2.74. The number of aliphatic hydroxyl groups excluding tert-OH is 2. The van der Waals surface area contributed by atoms with E-state index in [1.807, 2.05) is 6.92 Å². The molecule has 0 radical (unpaired) electrons. The molecule has 0 unspecified atom stereocenters. The van der Waals surface area contributed by atoms with Crippen LogP contribution in [0.5, 0.6) is 0 Å². The molecule has 0 amide bonds. The van der Waals surface area contributed by atoms with E-state index < -0.39 is 17.1 Å². The molecule has 4 saturated carbocycles. The van der Waals surface area contributed by atoms with E-state index in [-0.39, 0.29) is 42.0 Å². The number of ether oxygens (including phenoxy) is 2. The zero-order valence-corrected chi connectivity index (χ0v) is 22.6. The first-order chi connectivity index (χ1) is 17.0. The minimum atomic E-state index is -0.642. The third-order valence-corrected chi connectivity index (χ3v) is 12.6. The summed E-state index contributed by atoms with van der Waals surface area (Å²) in [7, 11) is 0. The van der Waals surface area contributed by atoms with Crippen molar-refractivity contribution in [2.75, 3.05) is 6.61 Å². The first-order valence-electron chi connectivity index (χ1n) is 14.4. The van der Waals surface area contributed by atoms with Gasteiger partial charge in [-0.15, -0.1) is 0 Å². The smallest absolute Gasteiger partial charge is 0.336 e. The van der Waals surface area contributed by atoms with E-state index in [1.54, 1.807) is 0 Å². The lowest BCUT2D eigenvalue weighted by molar-refractivity contribution is -0.171. The van der Waals surface area contributed by atoms with Gasteiger partial charge in [0.25, 0.3) is 0 Å². The van der Waals surface area contributed by atoms with Crippen molar-refractivity contribution in [2.45, 2.75) is 110 Å². The van der Waals surface area contributed by atoms with Crippen molar-refractivity contribution in [2.24, 2.45) is 46.3 Å². The van der Waals surface area contributed by atoms with Crippen LogP contribution in [-0.2, 0) is 19.1 Å². The van der Waals surface area contributed by atoms with Crippen LogP contribution in [0.4, 0.5) is 0 Å². The average Bonchev–Trinajstić information content (AvgIpc) is 3.44. The lowest BCUT2D eigenvalue weighted by Crippen LogP contribution is -2.65. The molecule has 11 atom stereocenters. The molecule has 6 rings (SSSR count). The number of aliphatic hydroxyl groups is 2. The number of Topliss-reactive ketones (excluding diaryl/α,β-unsaturated/α-hetero) is 1. The first kappa shape index (κ1) is 25.1. The van der Waals surface area contributed by atoms with E-state index >= 15 is 0 Å². The quantitative estimate of drug-likeness (QED) is 0.443. The third-order valence-electron chi connectivity index (χ3n) is 12.6. The lowest BCUT2D eigenvalue weighted by Gasteiger charge is -2.61. The van der Waals surface area contributed by atoms with Crippen molar-refractivity contribution in [1.29, 1.82) is 0 Å². The Labute approximate surface area is 215 Å². The van der Waals surface area contributed by atoms with Crippen molar-refractivity contribution in [3.05, 3.63) is 11.1 Å². The van der Waals surface area contributed by atoms with Gasteiger partial charge in [-0.25, -0.2) is 4.79 Å². The van der Waals surface area contributed by atoms with Gasteiger partial charge in [-0.1, -0.05) is 26.3 Å². The monoisotopic (exact) mass is 500 g/mol. The second-order valence-electron chi connectivity index (χ2n) is 13.6. The maximum absolute atomic E-state index is 13.5. The van der Waals surface area contributed by atoms with Gasteiger partial charge >= 0.3 is 5.97 Å². The van der Waals surface area contributed by atoms with Gasteiger partial charge in [0, 0.05) is 12.8 Å². The van der Waals surface area contributed by atoms with Crippen LogP contribution in [0.25, 0.3) is 0 Å². The lowest BCUT2D eigenvalue weighted by atomic mass is 9.42. The number of hydrogen-bond donors (Lipinski definition) is 2. The van der Waals surface area contributed by atoms with E-state index in [0.29, 0.717) is 54.3 Å². The molecular weight excluding hydrogens is 456 g/mol. The molecule has 0 aromatic carbocycles. The van der Waals surface area contributed by atoms with Gasteiger partial charge < -0.3 is 19.7 Å². The standard InChI is InChI=1S/C30H44O6/c1-15(2)29-11-10-21-18(13-26-30(36-26)25(33)9-8-24(32)28(21,30)5)22(29)7-6-20(29)17(4)23-12-16(3)19(14-31)27(34)35-23/h15,17-18,20-23,25-26,31,33H,6-14H2,1-5H3/t17-,18+,20+,21-,22-,23+,25-,26+,28-,29-,30+/m0/s1. The highest BCUT2D eigenvalue weighted by atomic mass is 16.6. The minimum Gasteiger partial charge on any atom is -0.458 e. The number of esters is 1. The van der Waals surface area contributed by atoms with E-state index in [2.05, 4.69) is 27.7 Å². The second kappa shape index (κ2) is 8.13. The molecule has 0 bridgehead atoms. The molecule has 1 spiro atoms. The fraction of sp³-hybridized carbons (Fsp3) is 0.867. The normalized spacial score (nSPS) is 50.7. The molecule has 4 aliphatic carbocycles. The second-order valence-corrected chi connectivity index (χ2v) is 13.6. The molecule has 2 aliphatic heterocycles. The summed E-state index contributed by atoms with van der Waals surface area (Å²) in [5.41, 5.74) is 0.316. The SMILES string of the molecule is CC1=C(CO)C(=O)O[C@@H]([C@@H](C)[C@H]2CC[C@H]3[C@@H]4C[C@H]5O[C@]56[C@@H](O)CCC(=O)[C@]6(C)[C@H]4CC[C@]23C(C)C)C1. The maximum Gasteiger partial charge on any atom is 0.336 e. The highest BCUT2D eigenvalue weighted by Gasteiger charge is 2.81. The summed E-state index contributed by atoms with van der Waals surface area (Å²) in [4.78, 5) is 26.1. The van der Waals surface area contributed by atoms with Gasteiger partial charge in [0.15, 0.2) is 0 Å². The Balaban J connectivity index is 1.32. The van der Waals surface area contributed by atoms with E-state index in [4.69, 9.17) is 9.47 Å². The van der Waals surface area contributed by atoms with Crippen molar-refractivity contribution < 1.29 is 29.3 Å². The predicted octanol–water partition coefficient (Wildman–Crippen LogP) is 4.21. The summed E-state index contributed by atoms with van der Waals surface area (Å²) < 4.78 is 12.3. The van der Waals surface area contributed by atoms with Crippen molar-refractivity contribution in [3.63, 3.8) is 0 Å². The number of ketones is 1. The minimum absolute atomic E-state index is 0.00595. The molecule has 6 heteroatoms. The van der Waals surface area contributed by atoms with Crippen LogP contribution in [-0.4, -0.2) is 52.5 Å². The van der Waals surface area contributed by atoms with Gasteiger partial charge in [0.05, 0.1) is 29.8 Å². The zero-order chi connectivity index (χ0) is 25.8. The summed E-state index contributed by atoms with van der Waals surface area (Å²) in [6.45, 7) is 10.8. The van der Waals surface area contributed by atoms with Gasteiger partial charge in [-0.3, -0.25) is 4.79 Å². The average molecular weight is 501 g/mol. The fourth-order valence-corrected chi connectivity index (χ4v) is 10.8. The topological polar surface area (TPSA) is 96.4 Å². The van der Waals surface area contributed by atoms with Gasteiger partial charge in [0.1, 0.15) is 17.5 Å². The number of epoxide rings is 1. The Morgan fingerprint density at radius 2 is 1.83 bits per heavy atom. The summed E-state index contributed by atoms with van der Waals surface area (Å²) in [6, 6.07) is 0. The van der Waals surface area contributed by atoms with Crippen LogP contribution < -0.4 is 0 Å². The molecule has 200 valence electrons. The Morgan fingerprint density at radius 1 is 1.08 bits per heavy atom. The van der Waals surface area contributed by atoms with Crippen molar-refractivity contribution in [1.82, 2.24) is 0 Å². The van der Waals surface area contributed by atoms with Crippen LogP contribution in [0.2, 0.25) is 0 Å². The van der Waals surface area contributed by atoms with Crippen LogP contribution in [0.1, 0.15) is 86.0 Å². The fourth-order valence-electron chi connectivity index (χ4n) is 10.8. The Kier molecular flexibility index (Phi) is 5.66. The number of carbonyl (C=O) groups excluding carboxylic acids is 2. The Morgan fingerprint density at radius 3 is 2.50 bits per heavy atom. The van der Waals surface area contributed by atoms with Crippen molar-refractivity contribution >= 4 is 11.8 Å². The Hall–Kier alpha value is -1.24. The van der Waals surface area contributed by atoms with Gasteiger partial charge in [-0.05, 0) is 93.3 Å². The highest BCUT2D eigenvalue weighted by molar-refractivity contribution is 5.90.